The van der Waals surface area contributed by atoms with Crippen molar-refractivity contribution in [1.82, 2.24) is 4.90 Å². The molecule has 5 heteroatoms. The van der Waals surface area contributed by atoms with Crippen molar-refractivity contribution in [2.75, 3.05) is 0 Å². The minimum atomic E-state index is -1.20. The van der Waals surface area contributed by atoms with Crippen LogP contribution < -0.4 is 34.7 Å². The van der Waals surface area contributed by atoms with E-state index in [1.54, 1.807) is 12.1 Å². The van der Waals surface area contributed by atoms with E-state index in [9.17, 15) is 14.7 Å². The Morgan fingerprint density at radius 2 is 1.17 bits per heavy atom. The number of hydrogen-bond donors (Lipinski definition) is 0. The zero-order valence-corrected chi connectivity index (χ0v) is 21.9. The molecule has 0 aliphatic carbocycles. The van der Waals surface area contributed by atoms with E-state index in [4.69, 9.17) is 0 Å². The molecule has 0 fully saturated rings. The SMILES string of the molecule is O=C([O-])c1cccc(-c2cccc(CN(Cc3ccccc3)C(=O)CCc3ccccc3)c2)c1.[Na+]. The second kappa shape index (κ2) is 13.1. The van der Waals surface area contributed by atoms with Crippen LogP contribution in [-0.2, 0) is 24.3 Å². The molecule has 35 heavy (non-hydrogen) atoms. The van der Waals surface area contributed by atoms with Crippen molar-refractivity contribution < 1.29 is 44.3 Å². The molecule has 1 amide bonds. The van der Waals surface area contributed by atoms with Crippen LogP contribution in [0.5, 0.6) is 0 Å². The van der Waals surface area contributed by atoms with Gasteiger partial charge in [-0.1, -0.05) is 97.1 Å². The van der Waals surface area contributed by atoms with Crippen LogP contribution in [0.2, 0.25) is 0 Å². The van der Waals surface area contributed by atoms with Crippen LogP contribution in [-0.4, -0.2) is 16.8 Å². The third-order valence-corrected chi connectivity index (χ3v) is 5.77. The summed E-state index contributed by atoms with van der Waals surface area (Å²) in [5, 5.41) is 11.3. The summed E-state index contributed by atoms with van der Waals surface area (Å²) in [6.45, 7) is 0.995. The van der Waals surface area contributed by atoms with E-state index in [2.05, 4.69) is 0 Å². The molecule has 4 aromatic carbocycles. The molecular formula is C30H26NNaO3. The maximum atomic E-state index is 13.3. The van der Waals surface area contributed by atoms with Crippen LogP contribution in [0, 0.1) is 0 Å². The van der Waals surface area contributed by atoms with Crippen molar-refractivity contribution in [2.45, 2.75) is 25.9 Å². The Kier molecular flexibility index (Phi) is 9.86. The Hall–Kier alpha value is -3.18. The number of amides is 1. The maximum absolute atomic E-state index is 13.3. The Balaban J connectivity index is 0.00000342. The van der Waals surface area contributed by atoms with E-state index in [1.807, 2.05) is 95.9 Å². The van der Waals surface area contributed by atoms with Crippen LogP contribution in [0.1, 0.15) is 33.5 Å². The molecule has 0 saturated heterocycles. The largest absolute Gasteiger partial charge is 1.00 e. The zero-order valence-electron chi connectivity index (χ0n) is 19.9. The van der Waals surface area contributed by atoms with Gasteiger partial charge in [0.2, 0.25) is 5.91 Å². The van der Waals surface area contributed by atoms with E-state index in [0.29, 0.717) is 25.9 Å². The Morgan fingerprint density at radius 1 is 0.629 bits per heavy atom. The van der Waals surface area contributed by atoms with Crippen LogP contribution in [0.4, 0.5) is 0 Å². The van der Waals surface area contributed by atoms with E-state index in [1.165, 1.54) is 6.07 Å². The van der Waals surface area contributed by atoms with Gasteiger partial charge in [-0.05, 0) is 51.9 Å². The first kappa shape index (κ1) is 26.4. The number of nitrogens with zero attached hydrogens (tertiary/aromatic N) is 1. The molecule has 0 unspecified atom stereocenters. The number of hydrogen-bond acceptors (Lipinski definition) is 3. The van der Waals surface area contributed by atoms with Gasteiger partial charge in [-0.25, -0.2) is 0 Å². The molecule has 0 aliphatic heterocycles. The number of benzene rings is 4. The molecule has 4 nitrogen and oxygen atoms in total. The fraction of sp³-hybridized carbons (Fsp3) is 0.133. The minimum absolute atomic E-state index is 0. The molecule has 0 bridgehead atoms. The molecule has 0 heterocycles. The van der Waals surface area contributed by atoms with Crippen LogP contribution >= 0.6 is 0 Å². The molecule has 0 aliphatic rings. The predicted octanol–water partition coefficient (Wildman–Crippen LogP) is 1.88. The van der Waals surface area contributed by atoms with Gasteiger partial charge in [0.15, 0.2) is 0 Å². The first-order valence-corrected chi connectivity index (χ1v) is 11.3. The molecular weight excluding hydrogens is 445 g/mol. The van der Waals surface area contributed by atoms with Crippen molar-refractivity contribution >= 4 is 11.9 Å². The van der Waals surface area contributed by atoms with Gasteiger partial charge in [0.05, 0.1) is 5.97 Å². The smallest absolute Gasteiger partial charge is 0.545 e. The second-order valence-electron chi connectivity index (χ2n) is 8.29. The standard InChI is InChI=1S/C30H27NO3.Na/c32-29(18-17-23-9-3-1-4-10-23)31(21-24-11-5-2-6-12-24)22-25-13-7-14-26(19-25)27-15-8-16-28(20-27)30(33)34;/h1-16,19-20H,17-18,21-22H2,(H,33,34);/q;+1/p-1. The molecule has 4 aromatic rings. The quantitative estimate of drug-likeness (QED) is 0.350. The third-order valence-electron chi connectivity index (χ3n) is 5.77. The van der Waals surface area contributed by atoms with Crippen molar-refractivity contribution in [1.29, 1.82) is 0 Å². The van der Waals surface area contributed by atoms with E-state index in [-0.39, 0.29) is 41.0 Å². The monoisotopic (exact) mass is 471 g/mol. The van der Waals surface area contributed by atoms with Gasteiger partial charge in [-0.2, -0.15) is 0 Å². The summed E-state index contributed by atoms with van der Waals surface area (Å²) in [7, 11) is 0. The first-order valence-electron chi connectivity index (χ1n) is 11.3. The third kappa shape index (κ3) is 7.66. The molecule has 4 rings (SSSR count). The maximum Gasteiger partial charge on any atom is 1.00 e. The molecule has 170 valence electrons. The number of carboxylic acids is 1. The van der Waals surface area contributed by atoms with Crippen molar-refractivity contribution in [2.24, 2.45) is 0 Å². The molecule has 0 spiro atoms. The topological polar surface area (TPSA) is 60.4 Å². The number of aryl methyl sites for hydroxylation is 1. The van der Waals surface area contributed by atoms with Crippen molar-refractivity contribution in [3.8, 4) is 11.1 Å². The summed E-state index contributed by atoms with van der Waals surface area (Å²) < 4.78 is 0. The molecule has 0 saturated carbocycles. The van der Waals surface area contributed by atoms with Crippen LogP contribution in [0.25, 0.3) is 11.1 Å². The normalized spacial score (nSPS) is 10.3. The van der Waals surface area contributed by atoms with Crippen molar-refractivity contribution in [3.63, 3.8) is 0 Å². The molecule has 0 atom stereocenters. The van der Waals surface area contributed by atoms with Gasteiger partial charge in [0.1, 0.15) is 0 Å². The Bertz CT molecular complexity index is 1260. The molecule has 0 N–H and O–H groups in total. The number of aromatic carboxylic acids is 1. The summed E-state index contributed by atoms with van der Waals surface area (Å²) in [6.07, 6.45) is 1.13. The van der Waals surface area contributed by atoms with Gasteiger partial charge in [-0.15, -0.1) is 0 Å². The fourth-order valence-corrected chi connectivity index (χ4v) is 3.99. The number of carbonyl (C=O) groups is 2. The second-order valence-corrected chi connectivity index (χ2v) is 8.29. The first-order chi connectivity index (χ1) is 16.6. The van der Waals surface area contributed by atoms with E-state index < -0.39 is 5.97 Å². The fourth-order valence-electron chi connectivity index (χ4n) is 3.99. The number of rotatable bonds is 9. The Labute approximate surface area is 228 Å². The van der Waals surface area contributed by atoms with Crippen LogP contribution in [0.3, 0.4) is 0 Å². The summed E-state index contributed by atoms with van der Waals surface area (Å²) in [6, 6.07) is 34.6. The average molecular weight is 472 g/mol. The van der Waals surface area contributed by atoms with E-state index in [0.717, 1.165) is 27.8 Å². The van der Waals surface area contributed by atoms with Gasteiger partial charge in [-0.3, -0.25) is 4.79 Å². The van der Waals surface area contributed by atoms with Crippen molar-refractivity contribution in [3.05, 3.63) is 131 Å². The van der Waals surface area contributed by atoms with Gasteiger partial charge < -0.3 is 14.8 Å². The Morgan fingerprint density at radius 3 is 1.83 bits per heavy atom. The summed E-state index contributed by atoms with van der Waals surface area (Å²) in [5.74, 6) is -1.10. The predicted molar refractivity (Wildman–Crippen MR) is 132 cm³/mol. The molecule has 0 aromatic heterocycles. The summed E-state index contributed by atoms with van der Waals surface area (Å²) >= 11 is 0. The number of carbonyl (C=O) groups excluding carboxylic acids is 2. The average Bonchev–Trinajstić information content (AvgIpc) is 2.88. The summed E-state index contributed by atoms with van der Waals surface area (Å²) in [5.41, 5.74) is 5.05. The summed E-state index contributed by atoms with van der Waals surface area (Å²) in [4.78, 5) is 26.4. The van der Waals surface area contributed by atoms with Gasteiger partial charge in [0, 0.05) is 19.5 Å². The molecule has 0 radical (unpaired) electrons. The zero-order chi connectivity index (χ0) is 23.8. The van der Waals surface area contributed by atoms with Gasteiger partial charge >= 0.3 is 29.6 Å². The van der Waals surface area contributed by atoms with E-state index >= 15 is 0 Å². The van der Waals surface area contributed by atoms with Crippen LogP contribution in [0.15, 0.2) is 109 Å². The van der Waals surface area contributed by atoms with Gasteiger partial charge in [0.25, 0.3) is 0 Å². The minimum Gasteiger partial charge on any atom is -0.545 e. The number of carboxylic acid groups (broad SMARTS) is 1.